The van der Waals surface area contributed by atoms with Crippen molar-refractivity contribution in [1.82, 2.24) is 14.5 Å². The van der Waals surface area contributed by atoms with E-state index < -0.39 is 0 Å². The van der Waals surface area contributed by atoms with E-state index in [-0.39, 0.29) is 17.8 Å². The predicted octanol–water partition coefficient (Wildman–Crippen LogP) is 6.63. The highest BCUT2D eigenvalue weighted by Crippen LogP contribution is 2.42. The Morgan fingerprint density at radius 3 is 2.64 bits per heavy atom. The average Bonchev–Trinajstić information content (AvgIpc) is 3.41. The van der Waals surface area contributed by atoms with Crippen molar-refractivity contribution in [3.8, 4) is 17.0 Å². The number of fused-ring (bicyclic) bond motifs is 3. The number of rotatable bonds is 5. The summed E-state index contributed by atoms with van der Waals surface area (Å²) in [7, 11) is 1.61. The molecule has 5 aromatic rings. The molecule has 6 rings (SSSR count). The van der Waals surface area contributed by atoms with Gasteiger partial charge in [-0.2, -0.15) is 4.98 Å². The maximum Gasteiger partial charge on any atom is 0.214 e. The van der Waals surface area contributed by atoms with Crippen molar-refractivity contribution in [3.05, 3.63) is 77.6 Å². The molecule has 7 heteroatoms. The number of benzene rings is 1. The minimum atomic E-state index is -0.279. The first-order valence-electron chi connectivity index (χ1n) is 12.3. The summed E-state index contributed by atoms with van der Waals surface area (Å²) in [5, 5.41) is 0.909. The molecule has 1 atom stereocenters. The van der Waals surface area contributed by atoms with Crippen LogP contribution in [0.1, 0.15) is 35.8 Å². The molecule has 4 aromatic heterocycles. The van der Waals surface area contributed by atoms with E-state index in [0.717, 1.165) is 57.4 Å². The summed E-state index contributed by atoms with van der Waals surface area (Å²) >= 11 is 0. The highest BCUT2D eigenvalue weighted by molar-refractivity contribution is 6.05. The third-order valence-electron chi connectivity index (χ3n) is 7.33. The Balaban J connectivity index is 1.69. The van der Waals surface area contributed by atoms with Crippen molar-refractivity contribution in [2.24, 2.45) is 5.92 Å². The Bertz CT molecular complexity index is 1550. The van der Waals surface area contributed by atoms with Crippen molar-refractivity contribution < 1.29 is 18.3 Å². The molecule has 0 aliphatic carbocycles. The van der Waals surface area contributed by atoms with Crippen LogP contribution in [0.2, 0.25) is 0 Å². The van der Waals surface area contributed by atoms with Gasteiger partial charge >= 0.3 is 0 Å². The first-order valence-corrected chi connectivity index (χ1v) is 12.3. The molecule has 0 N–H and O–H groups in total. The molecule has 1 saturated heterocycles. The van der Waals surface area contributed by atoms with Gasteiger partial charge in [0, 0.05) is 47.6 Å². The van der Waals surface area contributed by atoms with Gasteiger partial charge in [0.25, 0.3) is 0 Å². The summed E-state index contributed by atoms with van der Waals surface area (Å²) in [6, 6.07) is 12.7. The fourth-order valence-corrected chi connectivity index (χ4v) is 5.64. The molecular weight excluding hydrogens is 457 g/mol. The molecule has 1 fully saturated rings. The van der Waals surface area contributed by atoms with Crippen LogP contribution in [0, 0.1) is 25.6 Å². The molecule has 184 valence electrons. The Morgan fingerprint density at radius 1 is 1.11 bits per heavy atom. The maximum atomic E-state index is 15.4. The number of methoxy groups -OCH3 is 1. The lowest BCUT2D eigenvalue weighted by Gasteiger charge is -2.33. The van der Waals surface area contributed by atoms with Crippen LogP contribution in [0.25, 0.3) is 33.2 Å². The molecule has 5 heterocycles. The van der Waals surface area contributed by atoms with E-state index in [1.165, 1.54) is 6.07 Å². The molecule has 1 aliphatic heterocycles. The molecule has 36 heavy (non-hydrogen) atoms. The lowest BCUT2D eigenvalue weighted by atomic mass is 9.86. The third-order valence-corrected chi connectivity index (χ3v) is 7.33. The van der Waals surface area contributed by atoms with Gasteiger partial charge in [-0.3, -0.25) is 4.98 Å². The van der Waals surface area contributed by atoms with Gasteiger partial charge in [-0.1, -0.05) is 18.2 Å². The second kappa shape index (κ2) is 9.06. The molecule has 0 radical (unpaired) electrons. The number of hydrogen-bond acceptors (Lipinski definition) is 5. The highest BCUT2D eigenvalue weighted by atomic mass is 19.1. The summed E-state index contributed by atoms with van der Waals surface area (Å²) in [6.45, 7) is 5.29. The van der Waals surface area contributed by atoms with Crippen LogP contribution >= 0.6 is 0 Å². The van der Waals surface area contributed by atoms with E-state index in [1.54, 1.807) is 19.4 Å². The van der Waals surface area contributed by atoms with Crippen molar-refractivity contribution in [2.45, 2.75) is 32.7 Å². The zero-order valence-corrected chi connectivity index (χ0v) is 20.6. The topological polar surface area (TPSA) is 62.3 Å². The fourth-order valence-electron chi connectivity index (χ4n) is 5.64. The molecular formula is C29H28FN3O3. The fraction of sp³-hybridized carbons (Fsp3) is 0.310. The normalized spacial score (nSPS) is 15.6. The largest absolute Gasteiger partial charge is 0.481 e. The van der Waals surface area contributed by atoms with Gasteiger partial charge in [-0.25, -0.2) is 4.39 Å². The van der Waals surface area contributed by atoms with E-state index in [4.69, 9.17) is 23.9 Å². The summed E-state index contributed by atoms with van der Waals surface area (Å²) < 4.78 is 34.4. The SMILES string of the molecule is COc1ccc2c3ncc(-c4c(C)coc4C)cc3n(C(c3ccccc3F)C3CCOCC3)c2n1. The van der Waals surface area contributed by atoms with Gasteiger partial charge in [0.15, 0.2) is 0 Å². The summed E-state index contributed by atoms with van der Waals surface area (Å²) in [5.74, 6) is 1.29. The monoisotopic (exact) mass is 485 g/mol. The van der Waals surface area contributed by atoms with Gasteiger partial charge in [-0.05, 0) is 56.4 Å². The van der Waals surface area contributed by atoms with Crippen LogP contribution in [0.4, 0.5) is 4.39 Å². The first-order chi connectivity index (χ1) is 17.6. The maximum absolute atomic E-state index is 15.4. The van der Waals surface area contributed by atoms with Gasteiger partial charge in [0.1, 0.15) is 17.2 Å². The number of pyridine rings is 2. The molecule has 1 unspecified atom stereocenters. The molecule has 0 spiro atoms. The Kier molecular flexibility index (Phi) is 5.72. The number of aryl methyl sites for hydroxylation is 2. The number of nitrogens with zero attached hydrogens (tertiary/aromatic N) is 3. The third kappa shape index (κ3) is 3.66. The second-order valence-electron chi connectivity index (χ2n) is 9.45. The number of halogens is 1. The predicted molar refractivity (Wildman–Crippen MR) is 137 cm³/mol. The van der Waals surface area contributed by atoms with Crippen LogP contribution in [0.3, 0.4) is 0 Å². The Labute approximate surface area is 208 Å². The zero-order valence-electron chi connectivity index (χ0n) is 20.6. The summed E-state index contributed by atoms with van der Waals surface area (Å²) in [5.41, 5.74) is 6.15. The summed E-state index contributed by atoms with van der Waals surface area (Å²) in [6.07, 6.45) is 5.31. The van der Waals surface area contributed by atoms with E-state index >= 15 is 4.39 Å². The van der Waals surface area contributed by atoms with Crippen molar-refractivity contribution in [3.63, 3.8) is 0 Å². The van der Waals surface area contributed by atoms with E-state index in [2.05, 4.69) is 10.6 Å². The van der Waals surface area contributed by atoms with Crippen LogP contribution in [-0.2, 0) is 4.74 Å². The van der Waals surface area contributed by atoms with Gasteiger partial charge in [-0.15, -0.1) is 0 Å². The van der Waals surface area contributed by atoms with E-state index in [9.17, 15) is 0 Å². The van der Waals surface area contributed by atoms with Crippen molar-refractivity contribution >= 4 is 22.1 Å². The average molecular weight is 486 g/mol. The van der Waals surface area contributed by atoms with Crippen molar-refractivity contribution in [1.29, 1.82) is 0 Å². The van der Waals surface area contributed by atoms with Gasteiger partial charge in [0.05, 0.1) is 30.4 Å². The molecule has 6 nitrogen and oxygen atoms in total. The molecule has 1 aliphatic rings. The lowest BCUT2D eigenvalue weighted by molar-refractivity contribution is 0.0547. The standard InChI is InChI=1S/C29H28FN3O3/c1-17-16-36-18(2)26(17)20-14-24-27(31-15-20)22-8-9-25(34-3)32-29(22)33(24)28(19-10-12-35-13-11-19)21-6-4-5-7-23(21)30/h4-9,14-16,19,28H,10-13H2,1-3H3. The second-order valence-corrected chi connectivity index (χ2v) is 9.45. The first kappa shape index (κ1) is 22.7. The zero-order chi connectivity index (χ0) is 24.8. The van der Waals surface area contributed by atoms with E-state index in [1.807, 2.05) is 44.3 Å². The smallest absolute Gasteiger partial charge is 0.214 e. The van der Waals surface area contributed by atoms with Crippen LogP contribution in [0.15, 0.2) is 59.3 Å². The Hall–Kier alpha value is -3.71. The molecule has 0 bridgehead atoms. The Morgan fingerprint density at radius 2 is 1.92 bits per heavy atom. The highest BCUT2D eigenvalue weighted by Gasteiger charge is 2.32. The van der Waals surface area contributed by atoms with Gasteiger partial charge < -0.3 is 18.5 Å². The molecule has 0 amide bonds. The van der Waals surface area contributed by atoms with Crippen molar-refractivity contribution in [2.75, 3.05) is 20.3 Å². The van der Waals surface area contributed by atoms with Gasteiger partial charge in [0.2, 0.25) is 5.88 Å². The number of hydrogen-bond donors (Lipinski definition) is 0. The number of furan rings is 1. The van der Waals surface area contributed by atoms with Crippen LogP contribution in [0.5, 0.6) is 5.88 Å². The molecule has 0 saturated carbocycles. The van der Waals surface area contributed by atoms with Crippen LogP contribution in [-0.4, -0.2) is 34.9 Å². The lowest BCUT2D eigenvalue weighted by Crippen LogP contribution is -2.27. The number of aromatic nitrogens is 3. The van der Waals surface area contributed by atoms with Crippen LogP contribution < -0.4 is 4.74 Å². The minimum Gasteiger partial charge on any atom is -0.481 e. The van der Waals surface area contributed by atoms with E-state index in [0.29, 0.717) is 24.7 Å². The quantitative estimate of drug-likeness (QED) is 0.280. The minimum absolute atomic E-state index is 0.170. The number of ether oxygens (including phenoxy) is 2. The summed E-state index contributed by atoms with van der Waals surface area (Å²) in [4.78, 5) is 9.76. The molecule has 1 aromatic carbocycles.